The Kier molecular flexibility index (Phi) is 2.16. The molecule has 0 aliphatic carbocycles. The van der Waals surface area contributed by atoms with E-state index in [-0.39, 0.29) is 5.82 Å². The molecule has 0 spiro atoms. The topological polar surface area (TPSA) is 66.7 Å². The van der Waals surface area contributed by atoms with Crippen molar-refractivity contribution < 1.29 is 4.39 Å². The Balaban J connectivity index is 2.44. The van der Waals surface area contributed by atoms with Gasteiger partial charge in [0.25, 0.3) is 0 Å². The lowest BCUT2D eigenvalue weighted by atomic mass is 10.1. The molecule has 2 aromatic rings. The Labute approximate surface area is 79.9 Å². The number of anilines is 1. The van der Waals surface area contributed by atoms with Crippen LogP contribution >= 0.6 is 0 Å². The number of aromatic nitrogens is 2. The zero-order chi connectivity index (χ0) is 9.97. The summed E-state index contributed by atoms with van der Waals surface area (Å²) in [4.78, 5) is 0. The van der Waals surface area contributed by atoms with Gasteiger partial charge in [-0.25, -0.2) is 4.39 Å². The molecule has 1 aromatic carbocycles. The van der Waals surface area contributed by atoms with E-state index in [1.807, 2.05) is 0 Å². The van der Waals surface area contributed by atoms with E-state index in [2.05, 4.69) is 15.6 Å². The first-order chi connectivity index (χ1) is 6.81. The molecule has 0 saturated heterocycles. The maximum Gasteiger partial charge on any atom is 0.123 e. The lowest BCUT2D eigenvalue weighted by Crippen LogP contribution is -2.06. The van der Waals surface area contributed by atoms with E-state index in [0.29, 0.717) is 5.69 Å². The van der Waals surface area contributed by atoms with Crippen LogP contribution in [0.1, 0.15) is 0 Å². The molecule has 0 unspecified atom stereocenters. The number of hydrogen-bond acceptors (Lipinski definition) is 3. The number of nitrogen functional groups attached to an aromatic ring is 1. The molecule has 1 aromatic heterocycles. The Morgan fingerprint density at radius 3 is 2.64 bits per heavy atom. The van der Waals surface area contributed by atoms with Gasteiger partial charge in [0.1, 0.15) is 5.82 Å². The second-order valence-corrected chi connectivity index (χ2v) is 2.81. The van der Waals surface area contributed by atoms with Crippen molar-refractivity contribution in [1.82, 2.24) is 10.2 Å². The van der Waals surface area contributed by atoms with Crippen molar-refractivity contribution in [2.24, 2.45) is 5.84 Å². The average molecular weight is 192 g/mol. The van der Waals surface area contributed by atoms with Crippen molar-refractivity contribution in [3.63, 3.8) is 0 Å². The van der Waals surface area contributed by atoms with Gasteiger partial charge in [-0.1, -0.05) is 0 Å². The van der Waals surface area contributed by atoms with Crippen LogP contribution < -0.4 is 11.3 Å². The summed E-state index contributed by atoms with van der Waals surface area (Å²) in [7, 11) is 0. The van der Waals surface area contributed by atoms with Gasteiger partial charge in [-0.15, -0.1) is 0 Å². The Bertz CT molecular complexity index is 421. The smallest absolute Gasteiger partial charge is 0.123 e. The maximum atomic E-state index is 12.6. The third kappa shape index (κ3) is 1.45. The number of halogens is 1. The highest BCUT2D eigenvalue weighted by atomic mass is 19.1. The predicted molar refractivity (Wildman–Crippen MR) is 51.8 cm³/mol. The van der Waals surface area contributed by atoms with Crippen LogP contribution in [0, 0.1) is 5.82 Å². The van der Waals surface area contributed by atoms with Crippen LogP contribution in [0.4, 0.5) is 10.1 Å². The second-order valence-electron chi connectivity index (χ2n) is 2.81. The minimum Gasteiger partial charge on any atom is -0.321 e. The lowest BCUT2D eigenvalue weighted by molar-refractivity contribution is 0.628. The van der Waals surface area contributed by atoms with Gasteiger partial charge < -0.3 is 5.43 Å². The van der Waals surface area contributed by atoms with Gasteiger partial charge in [0.15, 0.2) is 0 Å². The van der Waals surface area contributed by atoms with Gasteiger partial charge in [-0.05, 0) is 24.3 Å². The number of aromatic amines is 1. The normalized spacial score (nSPS) is 10.1. The summed E-state index contributed by atoms with van der Waals surface area (Å²) >= 11 is 0. The van der Waals surface area contributed by atoms with E-state index in [0.717, 1.165) is 11.3 Å². The van der Waals surface area contributed by atoms with Crippen LogP contribution in [0.15, 0.2) is 30.5 Å². The van der Waals surface area contributed by atoms with E-state index in [4.69, 9.17) is 5.84 Å². The molecule has 2 rings (SSSR count). The Hall–Kier alpha value is -1.88. The zero-order valence-corrected chi connectivity index (χ0v) is 7.29. The first-order valence-electron chi connectivity index (χ1n) is 4.07. The fourth-order valence-corrected chi connectivity index (χ4v) is 1.23. The number of hydrazine groups is 1. The van der Waals surface area contributed by atoms with Crippen LogP contribution in [0.5, 0.6) is 0 Å². The van der Waals surface area contributed by atoms with Crippen molar-refractivity contribution in [3.8, 4) is 11.3 Å². The third-order valence-electron chi connectivity index (χ3n) is 1.93. The van der Waals surface area contributed by atoms with Gasteiger partial charge >= 0.3 is 0 Å². The fourth-order valence-electron chi connectivity index (χ4n) is 1.23. The minimum atomic E-state index is -0.268. The highest BCUT2D eigenvalue weighted by Crippen LogP contribution is 2.24. The summed E-state index contributed by atoms with van der Waals surface area (Å²) in [6.45, 7) is 0. The molecule has 0 aliphatic heterocycles. The molecule has 0 bridgehead atoms. The summed E-state index contributed by atoms with van der Waals surface area (Å²) in [5, 5.41) is 6.61. The fraction of sp³-hybridized carbons (Fsp3) is 0. The van der Waals surface area contributed by atoms with Crippen molar-refractivity contribution in [1.29, 1.82) is 0 Å². The molecule has 0 fully saturated rings. The molecular formula is C9H9FN4. The first kappa shape index (κ1) is 8.71. The standard InChI is InChI=1S/C9H9FN4/c10-7-3-1-6(2-4-7)9-8(13-11)5-12-14-9/h1-5,13H,11H2,(H,12,14). The van der Waals surface area contributed by atoms with E-state index in [9.17, 15) is 4.39 Å². The number of nitrogens with one attached hydrogen (secondary N) is 2. The Morgan fingerprint density at radius 1 is 1.29 bits per heavy atom. The molecule has 4 N–H and O–H groups in total. The molecule has 0 saturated carbocycles. The van der Waals surface area contributed by atoms with Gasteiger partial charge in [0, 0.05) is 5.56 Å². The number of nitrogens with zero attached hydrogens (tertiary/aromatic N) is 1. The average Bonchev–Trinajstić information content (AvgIpc) is 2.67. The molecule has 0 radical (unpaired) electrons. The van der Waals surface area contributed by atoms with Gasteiger partial charge in [0.05, 0.1) is 17.6 Å². The molecule has 72 valence electrons. The molecule has 0 atom stereocenters. The van der Waals surface area contributed by atoms with Gasteiger partial charge in [-0.2, -0.15) is 5.10 Å². The monoisotopic (exact) mass is 192 g/mol. The number of nitrogens with two attached hydrogens (primary N) is 1. The summed E-state index contributed by atoms with van der Waals surface area (Å²) in [5.41, 5.74) is 4.75. The summed E-state index contributed by atoms with van der Waals surface area (Å²) < 4.78 is 12.6. The van der Waals surface area contributed by atoms with E-state index < -0.39 is 0 Å². The van der Waals surface area contributed by atoms with Crippen molar-refractivity contribution in [2.45, 2.75) is 0 Å². The SMILES string of the molecule is NNc1cn[nH]c1-c1ccc(F)cc1. The summed E-state index contributed by atoms with van der Waals surface area (Å²) in [6.07, 6.45) is 1.57. The van der Waals surface area contributed by atoms with Crippen LogP contribution in [-0.4, -0.2) is 10.2 Å². The maximum absolute atomic E-state index is 12.6. The predicted octanol–water partition coefficient (Wildman–Crippen LogP) is 1.50. The minimum absolute atomic E-state index is 0.268. The Morgan fingerprint density at radius 2 is 2.00 bits per heavy atom. The van der Waals surface area contributed by atoms with Crippen LogP contribution in [0.2, 0.25) is 0 Å². The molecule has 1 heterocycles. The molecule has 14 heavy (non-hydrogen) atoms. The molecule has 4 nitrogen and oxygen atoms in total. The number of H-pyrrole nitrogens is 1. The molecule has 0 aliphatic rings. The second kappa shape index (κ2) is 3.47. The number of benzene rings is 1. The highest BCUT2D eigenvalue weighted by molar-refractivity contribution is 5.73. The van der Waals surface area contributed by atoms with E-state index in [1.165, 1.54) is 12.1 Å². The third-order valence-corrected chi connectivity index (χ3v) is 1.93. The highest BCUT2D eigenvalue weighted by Gasteiger charge is 2.05. The largest absolute Gasteiger partial charge is 0.321 e. The van der Waals surface area contributed by atoms with Crippen LogP contribution in [0.25, 0.3) is 11.3 Å². The zero-order valence-electron chi connectivity index (χ0n) is 7.29. The van der Waals surface area contributed by atoms with E-state index in [1.54, 1.807) is 18.3 Å². The van der Waals surface area contributed by atoms with Gasteiger partial charge in [0.2, 0.25) is 0 Å². The molecule has 5 heteroatoms. The molecular weight excluding hydrogens is 183 g/mol. The van der Waals surface area contributed by atoms with Crippen LogP contribution in [0.3, 0.4) is 0 Å². The van der Waals surface area contributed by atoms with Crippen molar-refractivity contribution >= 4 is 5.69 Å². The number of rotatable bonds is 2. The first-order valence-corrected chi connectivity index (χ1v) is 4.07. The van der Waals surface area contributed by atoms with Crippen molar-refractivity contribution in [3.05, 3.63) is 36.3 Å². The summed E-state index contributed by atoms with van der Waals surface area (Å²) in [6, 6.07) is 6.08. The molecule has 0 amide bonds. The van der Waals surface area contributed by atoms with Crippen LogP contribution in [-0.2, 0) is 0 Å². The quantitative estimate of drug-likeness (QED) is 0.499. The van der Waals surface area contributed by atoms with Crippen molar-refractivity contribution in [2.75, 3.05) is 5.43 Å². The lowest BCUT2D eigenvalue weighted by Gasteiger charge is -2.01. The number of hydrogen-bond donors (Lipinski definition) is 3. The summed E-state index contributed by atoms with van der Waals surface area (Å²) in [5.74, 6) is 5.01. The van der Waals surface area contributed by atoms with Gasteiger partial charge in [-0.3, -0.25) is 10.9 Å². The van der Waals surface area contributed by atoms with E-state index >= 15 is 0 Å².